The van der Waals surface area contributed by atoms with E-state index in [9.17, 15) is 4.79 Å². The lowest BCUT2D eigenvalue weighted by atomic mass is 10.1. The zero-order valence-corrected chi connectivity index (χ0v) is 14.7. The number of benzene rings is 1. The predicted molar refractivity (Wildman–Crippen MR) is 98.3 cm³/mol. The molecule has 0 amide bonds. The molecule has 0 saturated heterocycles. The molecule has 6 nitrogen and oxygen atoms in total. The smallest absolute Gasteiger partial charge is 0.358 e. The SMILES string of the molecule is COC(=O)c1ccn(Cc2cc(Cl)cc3cc(-c4ccccc4)nn23)n1. The summed E-state index contributed by atoms with van der Waals surface area (Å²) < 4.78 is 8.18. The van der Waals surface area contributed by atoms with E-state index in [1.807, 2.05) is 53.0 Å². The minimum Gasteiger partial charge on any atom is -0.464 e. The zero-order valence-electron chi connectivity index (χ0n) is 14.0. The van der Waals surface area contributed by atoms with Crippen LogP contribution in [0, 0.1) is 0 Å². The van der Waals surface area contributed by atoms with Crippen molar-refractivity contribution in [2.24, 2.45) is 0 Å². The van der Waals surface area contributed by atoms with Gasteiger partial charge in [-0.3, -0.25) is 4.68 Å². The number of esters is 1. The number of fused-ring (bicyclic) bond motifs is 1. The molecule has 0 bridgehead atoms. The number of pyridine rings is 1. The summed E-state index contributed by atoms with van der Waals surface area (Å²) in [5, 5.41) is 9.56. The molecule has 0 fully saturated rings. The van der Waals surface area contributed by atoms with E-state index in [4.69, 9.17) is 16.7 Å². The van der Waals surface area contributed by atoms with E-state index in [1.54, 1.807) is 16.9 Å². The van der Waals surface area contributed by atoms with Crippen molar-refractivity contribution in [3.63, 3.8) is 0 Å². The molecule has 4 rings (SSSR count). The molecule has 26 heavy (non-hydrogen) atoms. The molecule has 3 heterocycles. The highest BCUT2D eigenvalue weighted by atomic mass is 35.5. The molecule has 0 N–H and O–H groups in total. The quantitative estimate of drug-likeness (QED) is 0.517. The van der Waals surface area contributed by atoms with Crippen LogP contribution in [0.3, 0.4) is 0 Å². The van der Waals surface area contributed by atoms with Gasteiger partial charge in [0, 0.05) is 16.8 Å². The van der Waals surface area contributed by atoms with Gasteiger partial charge in [0.25, 0.3) is 0 Å². The van der Waals surface area contributed by atoms with Crippen molar-refractivity contribution >= 4 is 23.1 Å². The van der Waals surface area contributed by atoms with Gasteiger partial charge >= 0.3 is 5.97 Å². The van der Waals surface area contributed by atoms with E-state index in [0.29, 0.717) is 11.6 Å². The zero-order chi connectivity index (χ0) is 18.1. The van der Waals surface area contributed by atoms with Crippen LogP contribution < -0.4 is 0 Å². The van der Waals surface area contributed by atoms with Crippen molar-refractivity contribution in [1.82, 2.24) is 19.4 Å². The van der Waals surface area contributed by atoms with Crippen LogP contribution in [0.1, 0.15) is 16.2 Å². The highest BCUT2D eigenvalue weighted by molar-refractivity contribution is 6.31. The Hall–Kier alpha value is -3.12. The summed E-state index contributed by atoms with van der Waals surface area (Å²) >= 11 is 6.28. The first-order valence-electron chi connectivity index (χ1n) is 7.99. The van der Waals surface area contributed by atoms with Crippen LogP contribution in [-0.2, 0) is 11.3 Å². The summed E-state index contributed by atoms with van der Waals surface area (Å²) in [5.41, 5.74) is 3.91. The Morgan fingerprint density at radius 3 is 2.69 bits per heavy atom. The molecule has 0 unspecified atom stereocenters. The molecule has 0 saturated carbocycles. The molecule has 4 aromatic rings. The molecule has 0 aliphatic rings. The molecule has 0 aliphatic carbocycles. The lowest BCUT2D eigenvalue weighted by Gasteiger charge is -2.06. The van der Waals surface area contributed by atoms with Crippen LogP contribution in [0.15, 0.2) is 60.8 Å². The maximum Gasteiger partial charge on any atom is 0.358 e. The van der Waals surface area contributed by atoms with Crippen molar-refractivity contribution in [3.8, 4) is 11.3 Å². The third-order valence-electron chi connectivity index (χ3n) is 4.03. The lowest BCUT2D eigenvalue weighted by molar-refractivity contribution is 0.0593. The number of halogens is 1. The molecule has 3 aromatic heterocycles. The fourth-order valence-electron chi connectivity index (χ4n) is 2.82. The van der Waals surface area contributed by atoms with Crippen LogP contribution in [0.5, 0.6) is 0 Å². The standard InChI is InChI=1S/C19H15ClN4O2/c1-26-19(25)17-7-8-23(21-17)12-16-10-14(20)9-15-11-18(22-24(15)16)13-5-3-2-4-6-13/h2-11H,12H2,1H3. The largest absolute Gasteiger partial charge is 0.464 e. The average Bonchev–Trinajstić information content (AvgIpc) is 3.29. The summed E-state index contributed by atoms with van der Waals surface area (Å²) in [5.74, 6) is -0.467. The topological polar surface area (TPSA) is 61.4 Å². The van der Waals surface area contributed by atoms with Crippen LogP contribution in [0.4, 0.5) is 0 Å². The fourth-order valence-corrected chi connectivity index (χ4v) is 3.06. The van der Waals surface area contributed by atoms with Gasteiger partial charge in [0.15, 0.2) is 5.69 Å². The number of carbonyl (C=O) groups is 1. The Morgan fingerprint density at radius 1 is 1.12 bits per heavy atom. The van der Waals surface area contributed by atoms with E-state index in [1.165, 1.54) is 7.11 Å². The van der Waals surface area contributed by atoms with Crippen molar-refractivity contribution in [2.75, 3.05) is 7.11 Å². The summed E-state index contributed by atoms with van der Waals surface area (Å²) in [6.45, 7) is 0.421. The number of methoxy groups -OCH3 is 1. The Balaban J connectivity index is 1.73. The monoisotopic (exact) mass is 366 g/mol. The number of rotatable bonds is 4. The molecule has 0 radical (unpaired) electrons. The van der Waals surface area contributed by atoms with E-state index >= 15 is 0 Å². The minimum atomic E-state index is -0.467. The van der Waals surface area contributed by atoms with Gasteiger partial charge in [0.1, 0.15) is 0 Å². The van der Waals surface area contributed by atoms with Gasteiger partial charge in [-0.25, -0.2) is 9.31 Å². The lowest BCUT2D eigenvalue weighted by Crippen LogP contribution is -2.09. The van der Waals surface area contributed by atoms with Crippen molar-refractivity contribution in [2.45, 2.75) is 6.54 Å². The van der Waals surface area contributed by atoms with E-state index in [0.717, 1.165) is 22.5 Å². The van der Waals surface area contributed by atoms with Gasteiger partial charge in [0.05, 0.1) is 30.6 Å². The number of hydrogen-bond donors (Lipinski definition) is 0. The number of carbonyl (C=O) groups excluding carboxylic acids is 1. The Kier molecular flexibility index (Phi) is 4.18. The van der Waals surface area contributed by atoms with Gasteiger partial charge in [-0.1, -0.05) is 41.9 Å². The number of aromatic nitrogens is 4. The highest BCUT2D eigenvalue weighted by Crippen LogP contribution is 2.23. The van der Waals surface area contributed by atoms with Crippen LogP contribution in [0.2, 0.25) is 5.02 Å². The van der Waals surface area contributed by atoms with Gasteiger partial charge in [-0.05, 0) is 24.3 Å². The van der Waals surface area contributed by atoms with Gasteiger partial charge in [0.2, 0.25) is 0 Å². The molecular weight excluding hydrogens is 352 g/mol. The Morgan fingerprint density at radius 2 is 1.92 bits per heavy atom. The summed E-state index contributed by atoms with van der Waals surface area (Å²) in [7, 11) is 1.33. The molecule has 1 aromatic carbocycles. The first-order valence-corrected chi connectivity index (χ1v) is 8.37. The summed E-state index contributed by atoms with van der Waals surface area (Å²) in [6.07, 6.45) is 1.72. The molecule has 0 spiro atoms. The third kappa shape index (κ3) is 3.07. The van der Waals surface area contributed by atoms with E-state index < -0.39 is 5.97 Å². The second-order valence-corrected chi connectivity index (χ2v) is 6.22. The number of ether oxygens (including phenoxy) is 1. The van der Waals surface area contributed by atoms with E-state index in [2.05, 4.69) is 9.84 Å². The molecular formula is C19H15ClN4O2. The van der Waals surface area contributed by atoms with Crippen LogP contribution >= 0.6 is 11.6 Å². The average molecular weight is 367 g/mol. The summed E-state index contributed by atoms with van der Waals surface area (Å²) in [4.78, 5) is 11.6. The molecule has 7 heteroatoms. The first-order chi connectivity index (χ1) is 12.6. The second kappa shape index (κ2) is 6.65. The maximum atomic E-state index is 11.6. The van der Waals surface area contributed by atoms with Crippen molar-refractivity contribution in [1.29, 1.82) is 0 Å². The number of hydrogen-bond acceptors (Lipinski definition) is 4. The summed E-state index contributed by atoms with van der Waals surface area (Å²) in [6, 6.07) is 17.3. The fraction of sp³-hybridized carbons (Fsp3) is 0.105. The Bertz CT molecular complexity index is 1090. The maximum absolute atomic E-state index is 11.6. The third-order valence-corrected chi connectivity index (χ3v) is 4.25. The van der Waals surface area contributed by atoms with Crippen LogP contribution in [0.25, 0.3) is 16.8 Å². The molecule has 130 valence electrons. The van der Waals surface area contributed by atoms with Crippen molar-refractivity contribution in [3.05, 3.63) is 77.2 Å². The van der Waals surface area contributed by atoms with Gasteiger partial charge < -0.3 is 4.74 Å². The van der Waals surface area contributed by atoms with Crippen molar-refractivity contribution < 1.29 is 9.53 Å². The van der Waals surface area contributed by atoms with Crippen LogP contribution in [-0.4, -0.2) is 32.5 Å². The normalized spacial score (nSPS) is 11.0. The predicted octanol–water partition coefficient (Wildman–Crippen LogP) is 3.69. The molecule has 0 aliphatic heterocycles. The first kappa shape index (κ1) is 16.4. The highest BCUT2D eigenvalue weighted by Gasteiger charge is 2.12. The minimum absolute atomic E-state index is 0.260. The van der Waals surface area contributed by atoms with Gasteiger partial charge in [-0.15, -0.1) is 0 Å². The van der Waals surface area contributed by atoms with Gasteiger partial charge in [-0.2, -0.15) is 10.2 Å². The number of nitrogens with zero attached hydrogens (tertiary/aromatic N) is 4. The Labute approximate surface area is 154 Å². The second-order valence-electron chi connectivity index (χ2n) is 5.79. The van der Waals surface area contributed by atoms with E-state index in [-0.39, 0.29) is 5.69 Å². The molecule has 0 atom stereocenters.